The van der Waals surface area contributed by atoms with Crippen LogP contribution in [-0.2, 0) is 16.6 Å². The summed E-state index contributed by atoms with van der Waals surface area (Å²) in [5, 5.41) is 3.01. The van der Waals surface area contributed by atoms with Gasteiger partial charge in [0, 0.05) is 20.1 Å². The van der Waals surface area contributed by atoms with Gasteiger partial charge in [-0.15, -0.1) is 0 Å². The van der Waals surface area contributed by atoms with Crippen molar-refractivity contribution in [3.05, 3.63) is 89.7 Å². The van der Waals surface area contributed by atoms with E-state index in [2.05, 4.69) is 10.3 Å². The van der Waals surface area contributed by atoms with Crippen LogP contribution in [0.1, 0.15) is 16.8 Å². The number of rotatable bonds is 8. The molecule has 1 heterocycles. The van der Waals surface area contributed by atoms with Gasteiger partial charge in [-0.1, -0.05) is 41.9 Å². The summed E-state index contributed by atoms with van der Waals surface area (Å²) in [6, 6.07) is 20.7. The lowest BCUT2D eigenvalue weighted by Crippen LogP contribution is -2.28. The van der Waals surface area contributed by atoms with Crippen molar-refractivity contribution in [2.75, 3.05) is 17.9 Å². The molecule has 3 aromatic carbocycles. The summed E-state index contributed by atoms with van der Waals surface area (Å²) in [6.07, 6.45) is 2.46. The zero-order valence-corrected chi connectivity index (χ0v) is 19.6. The van der Waals surface area contributed by atoms with Crippen LogP contribution in [0.15, 0.2) is 84.0 Å². The number of imidazole rings is 1. The van der Waals surface area contributed by atoms with Crippen molar-refractivity contribution >= 4 is 44.3 Å². The smallest absolute Gasteiger partial charge is 0.264 e. The Morgan fingerprint density at radius 2 is 1.79 bits per heavy atom. The largest absolute Gasteiger partial charge is 0.352 e. The Morgan fingerprint density at radius 1 is 1.06 bits per heavy atom. The Bertz CT molecular complexity index is 1390. The molecule has 170 valence electrons. The molecule has 0 bridgehead atoms. The van der Waals surface area contributed by atoms with Gasteiger partial charge in [0.1, 0.15) is 0 Å². The third-order valence-electron chi connectivity index (χ3n) is 5.35. The molecule has 0 saturated heterocycles. The molecular formula is C24H23ClN4O3S. The van der Waals surface area contributed by atoms with E-state index in [1.165, 1.54) is 29.6 Å². The van der Waals surface area contributed by atoms with Crippen LogP contribution in [0, 0.1) is 0 Å². The number of aromatic nitrogens is 2. The molecular weight excluding hydrogens is 460 g/mol. The number of hydrogen-bond donors (Lipinski definition) is 1. The van der Waals surface area contributed by atoms with E-state index in [0.29, 0.717) is 25.2 Å². The summed E-state index contributed by atoms with van der Waals surface area (Å²) in [5.41, 5.74) is 2.59. The minimum absolute atomic E-state index is 0.00621. The van der Waals surface area contributed by atoms with Crippen LogP contribution in [0.4, 0.5) is 5.69 Å². The Balaban J connectivity index is 1.43. The van der Waals surface area contributed by atoms with E-state index < -0.39 is 15.9 Å². The molecule has 0 atom stereocenters. The number of aryl methyl sites for hydroxylation is 1. The molecule has 7 nitrogen and oxygen atoms in total. The molecule has 33 heavy (non-hydrogen) atoms. The molecule has 0 aliphatic carbocycles. The average molecular weight is 483 g/mol. The first-order valence-electron chi connectivity index (χ1n) is 10.4. The van der Waals surface area contributed by atoms with Crippen molar-refractivity contribution in [3.8, 4) is 0 Å². The molecule has 4 rings (SSSR count). The van der Waals surface area contributed by atoms with Gasteiger partial charge in [-0.05, 0) is 48.9 Å². The third kappa shape index (κ3) is 4.86. The first-order valence-corrected chi connectivity index (χ1v) is 12.2. The third-order valence-corrected chi connectivity index (χ3v) is 7.46. The fraction of sp³-hybridized carbons (Fsp3) is 0.167. The van der Waals surface area contributed by atoms with E-state index in [1.807, 2.05) is 34.9 Å². The maximum atomic E-state index is 13.1. The lowest BCUT2D eigenvalue weighted by molar-refractivity contribution is 0.0952. The van der Waals surface area contributed by atoms with E-state index in [-0.39, 0.29) is 15.5 Å². The number of hydrogen-bond acceptors (Lipinski definition) is 4. The Hall–Kier alpha value is -3.36. The first kappa shape index (κ1) is 22.8. The summed E-state index contributed by atoms with van der Waals surface area (Å²) in [5.74, 6) is -0.421. The Labute approximate surface area is 197 Å². The SMILES string of the molecule is CN(c1ccccc1)S(=O)(=O)c1ccc(Cl)c(C(=O)NCCCn2cnc3ccccc32)c1. The quantitative estimate of drug-likeness (QED) is 0.379. The predicted molar refractivity (Wildman–Crippen MR) is 130 cm³/mol. The van der Waals surface area contributed by atoms with Crippen molar-refractivity contribution in [1.29, 1.82) is 0 Å². The zero-order chi connectivity index (χ0) is 23.4. The topological polar surface area (TPSA) is 84.3 Å². The summed E-state index contributed by atoms with van der Waals surface area (Å²) in [6.45, 7) is 1.09. The molecule has 4 aromatic rings. The molecule has 1 amide bonds. The molecule has 0 aliphatic rings. The van der Waals surface area contributed by atoms with Crippen molar-refractivity contribution < 1.29 is 13.2 Å². The van der Waals surface area contributed by atoms with Crippen molar-refractivity contribution in [2.45, 2.75) is 17.9 Å². The summed E-state index contributed by atoms with van der Waals surface area (Å²) < 4.78 is 29.3. The van der Waals surface area contributed by atoms with Crippen LogP contribution in [0.25, 0.3) is 11.0 Å². The first-order chi connectivity index (χ1) is 15.9. The van der Waals surface area contributed by atoms with Crippen molar-refractivity contribution in [3.63, 3.8) is 0 Å². The second-order valence-corrected chi connectivity index (χ2v) is 9.86. The monoisotopic (exact) mass is 482 g/mol. The number of nitrogens with one attached hydrogen (secondary N) is 1. The van der Waals surface area contributed by atoms with Gasteiger partial charge in [0.2, 0.25) is 0 Å². The predicted octanol–water partition coefficient (Wildman–Crippen LogP) is 4.33. The minimum Gasteiger partial charge on any atom is -0.352 e. The Kier molecular flexibility index (Phi) is 6.67. The molecule has 1 N–H and O–H groups in total. The number of carbonyl (C=O) groups is 1. The van der Waals surface area contributed by atoms with Gasteiger partial charge in [-0.3, -0.25) is 9.10 Å². The number of anilines is 1. The number of fused-ring (bicyclic) bond motifs is 1. The fourth-order valence-corrected chi connectivity index (χ4v) is 4.93. The Morgan fingerprint density at radius 3 is 2.58 bits per heavy atom. The molecule has 9 heteroatoms. The van der Waals surface area contributed by atoms with Crippen LogP contribution in [0.5, 0.6) is 0 Å². The van der Waals surface area contributed by atoms with Gasteiger partial charge in [0.15, 0.2) is 0 Å². The summed E-state index contributed by atoms with van der Waals surface area (Å²) in [7, 11) is -2.38. The number of carbonyl (C=O) groups excluding carboxylic acids is 1. The maximum absolute atomic E-state index is 13.1. The maximum Gasteiger partial charge on any atom is 0.264 e. The minimum atomic E-state index is -3.86. The van der Waals surface area contributed by atoms with E-state index in [0.717, 1.165) is 11.0 Å². The van der Waals surface area contributed by atoms with Gasteiger partial charge < -0.3 is 9.88 Å². The molecule has 0 saturated carbocycles. The molecule has 0 spiro atoms. The number of amides is 1. The highest BCUT2D eigenvalue weighted by atomic mass is 35.5. The normalized spacial score (nSPS) is 11.5. The highest BCUT2D eigenvalue weighted by Gasteiger charge is 2.23. The second kappa shape index (κ2) is 9.64. The number of nitrogens with zero attached hydrogens (tertiary/aromatic N) is 3. The van der Waals surface area contributed by atoms with E-state index in [9.17, 15) is 13.2 Å². The molecule has 1 aromatic heterocycles. The molecule has 0 fully saturated rings. The highest BCUT2D eigenvalue weighted by molar-refractivity contribution is 7.92. The zero-order valence-electron chi connectivity index (χ0n) is 18.0. The van der Waals surface area contributed by atoms with Gasteiger partial charge in [0.05, 0.1) is 38.5 Å². The van der Waals surface area contributed by atoms with E-state index in [4.69, 9.17) is 11.6 Å². The van der Waals surface area contributed by atoms with Crippen molar-refractivity contribution in [1.82, 2.24) is 14.9 Å². The van der Waals surface area contributed by atoms with Gasteiger partial charge >= 0.3 is 0 Å². The fourth-order valence-electron chi connectivity index (χ4n) is 3.51. The molecule has 0 radical (unpaired) electrons. The van der Waals surface area contributed by atoms with E-state index in [1.54, 1.807) is 30.6 Å². The van der Waals surface area contributed by atoms with Crippen LogP contribution >= 0.6 is 11.6 Å². The second-order valence-electron chi connectivity index (χ2n) is 7.49. The van der Waals surface area contributed by atoms with Gasteiger partial charge in [-0.2, -0.15) is 0 Å². The van der Waals surface area contributed by atoms with Crippen LogP contribution in [0.2, 0.25) is 5.02 Å². The standard InChI is InChI=1S/C24H23ClN4O3S/c1-28(18-8-3-2-4-9-18)33(31,32)19-12-13-21(25)20(16-19)24(30)26-14-7-15-29-17-27-22-10-5-6-11-23(22)29/h2-6,8-13,16-17H,7,14-15H2,1H3,(H,26,30). The number of sulfonamides is 1. The van der Waals surface area contributed by atoms with Crippen molar-refractivity contribution in [2.24, 2.45) is 0 Å². The van der Waals surface area contributed by atoms with Crippen LogP contribution in [0.3, 0.4) is 0 Å². The van der Waals surface area contributed by atoms with E-state index >= 15 is 0 Å². The lowest BCUT2D eigenvalue weighted by Gasteiger charge is -2.20. The number of halogens is 1. The van der Waals surface area contributed by atoms with Gasteiger partial charge in [0.25, 0.3) is 15.9 Å². The number of para-hydroxylation sites is 3. The molecule has 0 aliphatic heterocycles. The lowest BCUT2D eigenvalue weighted by atomic mass is 10.2. The van der Waals surface area contributed by atoms with Crippen LogP contribution in [-0.4, -0.2) is 37.5 Å². The highest BCUT2D eigenvalue weighted by Crippen LogP contribution is 2.25. The summed E-state index contributed by atoms with van der Waals surface area (Å²) >= 11 is 6.22. The average Bonchev–Trinajstić information content (AvgIpc) is 3.25. The summed E-state index contributed by atoms with van der Waals surface area (Å²) in [4.78, 5) is 17.1. The van der Waals surface area contributed by atoms with Crippen LogP contribution < -0.4 is 9.62 Å². The van der Waals surface area contributed by atoms with Gasteiger partial charge in [-0.25, -0.2) is 13.4 Å². The number of benzene rings is 3. The molecule has 0 unspecified atom stereocenters.